The summed E-state index contributed by atoms with van der Waals surface area (Å²) in [6.45, 7) is 0.592. The minimum Gasteiger partial charge on any atom is -0.326 e. The molecule has 2 aromatic carbocycles. The average Bonchev–Trinajstić information content (AvgIpc) is 2.60. The number of hydrogen-bond acceptors (Lipinski definition) is 4. The van der Waals surface area contributed by atoms with E-state index in [2.05, 4.69) is 10.6 Å². The standard InChI is InChI=1S/C19H22FN3O2S/c1-23(11-10-18(24)21-15-7-5-6-14(20)12-15)13-19(25)22-16-8-3-4-9-17(16)26-2/h3-9,12H,10-11,13H2,1-2H3,(H,21,24)(H,22,25). The van der Waals surface area contributed by atoms with E-state index in [0.29, 0.717) is 12.2 Å². The van der Waals surface area contributed by atoms with Crippen LogP contribution in [0.2, 0.25) is 0 Å². The van der Waals surface area contributed by atoms with Gasteiger partial charge in [-0.15, -0.1) is 11.8 Å². The van der Waals surface area contributed by atoms with Gasteiger partial charge in [0.2, 0.25) is 11.8 Å². The van der Waals surface area contributed by atoms with E-state index in [0.717, 1.165) is 10.6 Å². The number of rotatable bonds is 8. The summed E-state index contributed by atoms with van der Waals surface area (Å²) in [5.74, 6) is -0.766. The van der Waals surface area contributed by atoms with Crippen molar-refractivity contribution >= 4 is 35.0 Å². The van der Waals surface area contributed by atoms with E-state index in [1.54, 1.807) is 29.8 Å². The molecule has 0 saturated carbocycles. The van der Waals surface area contributed by atoms with Crippen molar-refractivity contribution < 1.29 is 14.0 Å². The summed E-state index contributed by atoms with van der Waals surface area (Å²) in [5, 5.41) is 5.52. The molecule has 0 fully saturated rings. The fourth-order valence-electron chi connectivity index (χ4n) is 2.34. The van der Waals surface area contributed by atoms with Crippen LogP contribution in [0.15, 0.2) is 53.4 Å². The number of carbonyl (C=O) groups excluding carboxylic acids is 2. The predicted octanol–water partition coefficient (Wildman–Crippen LogP) is 3.45. The number of amides is 2. The van der Waals surface area contributed by atoms with Gasteiger partial charge in [-0.25, -0.2) is 4.39 Å². The van der Waals surface area contributed by atoms with Gasteiger partial charge < -0.3 is 10.6 Å². The van der Waals surface area contributed by atoms with Crippen LogP contribution in [-0.4, -0.2) is 43.1 Å². The van der Waals surface area contributed by atoms with E-state index in [9.17, 15) is 14.0 Å². The van der Waals surface area contributed by atoms with E-state index in [1.807, 2.05) is 30.5 Å². The first-order valence-electron chi connectivity index (χ1n) is 8.15. The topological polar surface area (TPSA) is 61.4 Å². The van der Waals surface area contributed by atoms with Crippen LogP contribution in [-0.2, 0) is 9.59 Å². The Hall–Kier alpha value is -2.38. The SMILES string of the molecule is CSc1ccccc1NC(=O)CN(C)CCC(=O)Nc1cccc(F)c1. The maximum atomic E-state index is 13.1. The lowest BCUT2D eigenvalue weighted by Gasteiger charge is -2.17. The van der Waals surface area contributed by atoms with Crippen molar-refractivity contribution in [3.05, 3.63) is 54.3 Å². The van der Waals surface area contributed by atoms with Crippen LogP contribution < -0.4 is 10.6 Å². The largest absolute Gasteiger partial charge is 0.326 e. The number of para-hydroxylation sites is 1. The van der Waals surface area contributed by atoms with Crippen molar-refractivity contribution in [1.29, 1.82) is 0 Å². The molecule has 0 unspecified atom stereocenters. The van der Waals surface area contributed by atoms with Crippen LogP contribution in [0.1, 0.15) is 6.42 Å². The molecule has 0 atom stereocenters. The van der Waals surface area contributed by atoms with E-state index >= 15 is 0 Å². The summed E-state index contributed by atoms with van der Waals surface area (Å²) in [7, 11) is 1.77. The van der Waals surface area contributed by atoms with Crippen LogP contribution >= 0.6 is 11.8 Å². The summed E-state index contributed by atoms with van der Waals surface area (Å²) in [6.07, 6.45) is 2.16. The van der Waals surface area contributed by atoms with E-state index in [1.165, 1.54) is 18.2 Å². The predicted molar refractivity (Wildman–Crippen MR) is 104 cm³/mol. The highest BCUT2D eigenvalue weighted by molar-refractivity contribution is 7.98. The van der Waals surface area contributed by atoms with Crippen molar-refractivity contribution in [2.45, 2.75) is 11.3 Å². The van der Waals surface area contributed by atoms with Gasteiger partial charge >= 0.3 is 0 Å². The Morgan fingerprint density at radius 3 is 2.58 bits per heavy atom. The summed E-state index contributed by atoms with van der Waals surface area (Å²) >= 11 is 1.56. The Labute approximate surface area is 157 Å². The van der Waals surface area contributed by atoms with Gasteiger partial charge in [-0.3, -0.25) is 14.5 Å². The Balaban J connectivity index is 1.76. The van der Waals surface area contributed by atoms with Crippen LogP contribution in [0.3, 0.4) is 0 Å². The van der Waals surface area contributed by atoms with Crippen LogP contribution in [0.5, 0.6) is 0 Å². The summed E-state index contributed by atoms with van der Waals surface area (Å²) in [5.41, 5.74) is 1.20. The van der Waals surface area contributed by atoms with Crippen molar-refractivity contribution in [2.75, 3.05) is 37.0 Å². The first-order valence-corrected chi connectivity index (χ1v) is 9.37. The summed E-state index contributed by atoms with van der Waals surface area (Å²) in [6, 6.07) is 13.3. The van der Waals surface area contributed by atoms with Gasteiger partial charge in [-0.2, -0.15) is 0 Å². The monoisotopic (exact) mass is 375 g/mol. The summed E-state index contributed by atoms with van der Waals surface area (Å²) in [4.78, 5) is 26.8. The van der Waals surface area contributed by atoms with E-state index in [-0.39, 0.29) is 24.8 Å². The molecular formula is C19H22FN3O2S. The summed E-state index contributed by atoms with van der Waals surface area (Å²) < 4.78 is 13.1. The highest BCUT2D eigenvalue weighted by Crippen LogP contribution is 2.24. The first kappa shape index (κ1) is 19.9. The third-order valence-corrected chi connectivity index (χ3v) is 4.42. The maximum Gasteiger partial charge on any atom is 0.238 e. The zero-order valence-electron chi connectivity index (χ0n) is 14.8. The first-order chi connectivity index (χ1) is 12.5. The third-order valence-electron chi connectivity index (χ3n) is 3.62. The number of hydrogen-bond donors (Lipinski definition) is 2. The van der Waals surface area contributed by atoms with Crippen LogP contribution in [0.25, 0.3) is 0 Å². The van der Waals surface area contributed by atoms with Gasteiger partial charge in [0.25, 0.3) is 0 Å². The molecule has 7 heteroatoms. The van der Waals surface area contributed by atoms with Gasteiger partial charge in [0.15, 0.2) is 0 Å². The van der Waals surface area contributed by atoms with Gasteiger partial charge in [-0.05, 0) is 43.6 Å². The van der Waals surface area contributed by atoms with Crippen LogP contribution in [0.4, 0.5) is 15.8 Å². The molecule has 0 aliphatic carbocycles. The number of thioether (sulfide) groups is 1. The molecule has 0 aliphatic rings. The molecule has 138 valence electrons. The quantitative estimate of drug-likeness (QED) is 0.694. The number of nitrogens with one attached hydrogen (secondary N) is 2. The number of carbonyl (C=O) groups is 2. The van der Waals surface area contributed by atoms with E-state index in [4.69, 9.17) is 0 Å². The lowest BCUT2D eigenvalue weighted by molar-refractivity contribution is -0.119. The number of likely N-dealkylation sites (N-methyl/N-ethyl adjacent to an activating group) is 1. The number of benzene rings is 2. The van der Waals surface area contributed by atoms with Crippen molar-refractivity contribution in [3.63, 3.8) is 0 Å². The Kier molecular flexibility index (Phi) is 7.62. The highest BCUT2D eigenvalue weighted by atomic mass is 32.2. The number of anilines is 2. The fraction of sp³-hybridized carbons (Fsp3) is 0.263. The molecular weight excluding hydrogens is 353 g/mol. The molecule has 2 N–H and O–H groups in total. The molecule has 0 radical (unpaired) electrons. The minimum absolute atomic E-state index is 0.139. The maximum absolute atomic E-state index is 13.1. The van der Waals surface area contributed by atoms with Crippen molar-refractivity contribution in [1.82, 2.24) is 4.90 Å². The van der Waals surface area contributed by atoms with Crippen molar-refractivity contribution in [3.8, 4) is 0 Å². The average molecular weight is 375 g/mol. The molecule has 5 nitrogen and oxygen atoms in total. The highest BCUT2D eigenvalue weighted by Gasteiger charge is 2.11. The van der Waals surface area contributed by atoms with Crippen molar-refractivity contribution in [2.24, 2.45) is 0 Å². The van der Waals surface area contributed by atoms with Gasteiger partial charge in [0.05, 0.1) is 12.2 Å². The lowest BCUT2D eigenvalue weighted by Crippen LogP contribution is -2.32. The molecule has 0 aliphatic heterocycles. The molecule has 2 aromatic rings. The lowest BCUT2D eigenvalue weighted by atomic mass is 10.3. The van der Waals surface area contributed by atoms with Gasteiger partial charge in [-0.1, -0.05) is 18.2 Å². The molecule has 0 saturated heterocycles. The zero-order chi connectivity index (χ0) is 18.9. The van der Waals surface area contributed by atoms with Gasteiger partial charge in [0.1, 0.15) is 5.82 Å². The Morgan fingerprint density at radius 2 is 1.85 bits per heavy atom. The number of nitrogens with zero attached hydrogens (tertiary/aromatic N) is 1. The molecule has 26 heavy (non-hydrogen) atoms. The zero-order valence-corrected chi connectivity index (χ0v) is 15.6. The molecule has 0 aromatic heterocycles. The van der Waals surface area contributed by atoms with Crippen LogP contribution in [0, 0.1) is 5.82 Å². The Morgan fingerprint density at radius 1 is 1.08 bits per heavy atom. The second kappa shape index (κ2) is 9.94. The molecule has 0 heterocycles. The normalized spacial score (nSPS) is 10.6. The number of halogens is 1. The molecule has 0 bridgehead atoms. The van der Waals surface area contributed by atoms with Gasteiger partial charge in [0, 0.05) is 23.5 Å². The minimum atomic E-state index is -0.401. The second-order valence-corrected chi connectivity index (χ2v) is 6.64. The third kappa shape index (κ3) is 6.50. The Bertz CT molecular complexity index is 770. The smallest absolute Gasteiger partial charge is 0.238 e. The fourth-order valence-corrected chi connectivity index (χ4v) is 2.90. The molecule has 2 rings (SSSR count). The molecule has 2 amide bonds. The van der Waals surface area contributed by atoms with E-state index < -0.39 is 5.82 Å². The molecule has 0 spiro atoms. The second-order valence-electron chi connectivity index (χ2n) is 5.79.